The molecular formula is C9H18O6. The van der Waals surface area contributed by atoms with Gasteiger partial charge in [0.15, 0.2) is 6.29 Å². The Balaban J connectivity index is 2.51. The van der Waals surface area contributed by atoms with Crippen LogP contribution in [-0.2, 0) is 9.47 Å². The van der Waals surface area contributed by atoms with Crippen molar-refractivity contribution in [1.82, 2.24) is 0 Å². The average Bonchev–Trinajstić information content (AvgIpc) is 2.18. The zero-order valence-electron chi connectivity index (χ0n) is 8.78. The van der Waals surface area contributed by atoms with Crippen molar-refractivity contribution in [3.05, 3.63) is 0 Å². The van der Waals surface area contributed by atoms with Crippen LogP contribution in [0.4, 0.5) is 0 Å². The first-order chi connectivity index (χ1) is 6.93. The third kappa shape index (κ3) is 3.10. The Kier molecular flexibility index (Phi) is 4.45. The highest BCUT2D eigenvalue weighted by molar-refractivity contribution is 4.88. The van der Waals surface area contributed by atoms with Gasteiger partial charge in [-0.05, 0) is 13.8 Å². The molecule has 15 heavy (non-hydrogen) atoms. The molecule has 0 aromatic rings. The second kappa shape index (κ2) is 5.20. The van der Waals surface area contributed by atoms with Gasteiger partial charge in [0.2, 0.25) is 0 Å². The minimum Gasteiger partial charge on any atom is -0.387 e. The normalized spacial score (nSPS) is 42.2. The molecular weight excluding hydrogens is 204 g/mol. The van der Waals surface area contributed by atoms with Crippen LogP contribution in [0.25, 0.3) is 0 Å². The van der Waals surface area contributed by atoms with E-state index in [2.05, 4.69) is 0 Å². The van der Waals surface area contributed by atoms with E-state index >= 15 is 0 Å². The summed E-state index contributed by atoms with van der Waals surface area (Å²) < 4.78 is 10.1. The zero-order chi connectivity index (χ0) is 11.6. The highest BCUT2D eigenvalue weighted by Crippen LogP contribution is 2.20. The first-order valence-electron chi connectivity index (χ1n) is 4.92. The minimum atomic E-state index is -1.50. The van der Waals surface area contributed by atoms with Crippen LogP contribution in [0.5, 0.6) is 0 Å². The standard InChI is InChI=1S/C9H18O6/c1-4(2)14-3-5-6(10)7(11)8(12)9(13)15-5/h4-13H,3H2,1-2H3/t5-,6-,7+,8-,9-/m0/s1. The lowest BCUT2D eigenvalue weighted by Gasteiger charge is -2.38. The third-order valence-corrected chi connectivity index (χ3v) is 2.28. The zero-order valence-corrected chi connectivity index (χ0v) is 8.78. The Morgan fingerprint density at radius 2 is 1.67 bits per heavy atom. The van der Waals surface area contributed by atoms with Crippen molar-refractivity contribution in [1.29, 1.82) is 0 Å². The van der Waals surface area contributed by atoms with E-state index in [0.717, 1.165) is 0 Å². The molecule has 0 bridgehead atoms. The molecule has 1 heterocycles. The van der Waals surface area contributed by atoms with Gasteiger partial charge in [0.1, 0.15) is 24.4 Å². The lowest BCUT2D eigenvalue weighted by atomic mass is 9.99. The second-order valence-electron chi connectivity index (χ2n) is 3.92. The van der Waals surface area contributed by atoms with E-state index in [4.69, 9.17) is 9.47 Å². The topological polar surface area (TPSA) is 99.4 Å². The summed E-state index contributed by atoms with van der Waals surface area (Å²) in [6.07, 6.45) is -6.54. The molecule has 0 aliphatic carbocycles. The van der Waals surface area contributed by atoms with E-state index in [-0.39, 0.29) is 12.7 Å². The number of rotatable bonds is 3. The molecule has 90 valence electrons. The molecule has 6 nitrogen and oxygen atoms in total. The summed E-state index contributed by atoms with van der Waals surface area (Å²) in [5, 5.41) is 37.3. The van der Waals surface area contributed by atoms with Gasteiger partial charge in [-0.1, -0.05) is 0 Å². The monoisotopic (exact) mass is 222 g/mol. The Morgan fingerprint density at radius 3 is 2.20 bits per heavy atom. The summed E-state index contributed by atoms with van der Waals surface area (Å²) in [6, 6.07) is 0. The van der Waals surface area contributed by atoms with Crippen molar-refractivity contribution in [3.8, 4) is 0 Å². The number of aliphatic hydroxyl groups excluding tert-OH is 4. The molecule has 0 amide bonds. The number of ether oxygens (including phenoxy) is 2. The molecule has 1 aliphatic heterocycles. The summed E-state index contributed by atoms with van der Waals surface area (Å²) in [7, 11) is 0. The summed E-state index contributed by atoms with van der Waals surface area (Å²) in [5.41, 5.74) is 0. The summed E-state index contributed by atoms with van der Waals surface area (Å²) in [5.74, 6) is 0. The fourth-order valence-corrected chi connectivity index (χ4v) is 1.36. The van der Waals surface area contributed by atoms with Gasteiger partial charge in [-0.3, -0.25) is 0 Å². The highest BCUT2D eigenvalue weighted by atomic mass is 16.6. The molecule has 1 fully saturated rings. The van der Waals surface area contributed by atoms with E-state index in [9.17, 15) is 20.4 Å². The fourth-order valence-electron chi connectivity index (χ4n) is 1.36. The fraction of sp³-hybridized carbons (Fsp3) is 1.00. The first kappa shape index (κ1) is 12.8. The van der Waals surface area contributed by atoms with Crippen LogP contribution in [0, 0.1) is 0 Å². The van der Waals surface area contributed by atoms with Crippen LogP contribution in [0.2, 0.25) is 0 Å². The number of hydrogen-bond acceptors (Lipinski definition) is 6. The van der Waals surface area contributed by atoms with Crippen molar-refractivity contribution in [2.45, 2.75) is 50.7 Å². The molecule has 0 aromatic carbocycles. The molecule has 1 saturated heterocycles. The molecule has 0 saturated carbocycles. The van der Waals surface area contributed by atoms with Gasteiger partial charge in [0.05, 0.1) is 12.7 Å². The van der Waals surface area contributed by atoms with Crippen LogP contribution in [0.3, 0.4) is 0 Å². The maximum absolute atomic E-state index is 9.51. The van der Waals surface area contributed by atoms with Gasteiger partial charge in [0.25, 0.3) is 0 Å². The Labute approximate surface area is 88.1 Å². The van der Waals surface area contributed by atoms with E-state index < -0.39 is 30.7 Å². The average molecular weight is 222 g/mol. The van der Waals surface area contributed by atoms with E-state index in [1.54, 1.807) is 0 Å². The molecule has 0 spiro atoms. The lowest BCUT2D eigenvalue weighted by Crippen LogP contribution is -2.58. The van der Waals surface area contributed by atoms with E-state index in [0.29, 0.717) is 0 Å². The van der Waals surface area contributed by atoms with Crippen molar-refractivity contribution in [3.63, 3.8) is 0 Å². The number of hydrogen-bond donors (Lipinski definition) is 4. The van der Waals surface area contributed by atoms with Crippen molar-refractivity contribution in [2.75, 3.05) is 6.61 Å². The van der Waals surface area contributed by atoms with Gasteiger partial charge in [-0.15, -0.1) is 0 Å². The molecule has 5 atom stereocenters. The van der Waals surface area contributed by atoms with Crippen molar-refractivity contribution < 1.29 is 29.9 Å². The van der Waals surface area contributed by atoms with Crippen LogP contribution in [-0.4, -0.2) is 63.8 Å². The van der Waals surface area contributed by atoms with Crippen LogP contribution in [0.1, 0.15) is 13.8 Å². The van der Waals surface area contributed by atoms with Crippen LogP contribution >= 0.6 is 0 Å². The third-order valence-electron chi connectivity index (χ3n) is 2.28. The first-order valence-corrected chi connectivity index (χ1v) is 4.92. The van der Waals surface area contributed by atoms with Gasteiger partial charge in [-0.2, -0.15) is 0 Å². The summed E-state index contributed by atoms with van der Waals surface area (Å²) in [4.78, 5) is 0. The SMILES string of the molecule is CC(C)OC[C@@H]1O[C@H](O)[C@@H](O)[C@H](O)[C@H]1O. The van der Waals surface area contributed by atoms with Gasteiger partial charge in [0, 0.05) is 0 Å². The predicted molar refractivity (Wildman–Crippen MR) is 50.0 cm³/mol. The lowest BCUT2D eigenvalue weighted by molar-refractivity contribution is -0.289. The molecule has 0 unspecified atom stereocenters. The maximum atomic E-state index is 9.51. The Morgan fingerprint density at radius 1 is 1.07 bits per heavy atom. The van der Waals surface area contributed by atoms with Gasteiger partial charge < -0.3 is 29.9 Å². The molecule has 1 aliphatic rings. The second-order valence-corrected chi connectivity index (χ2v) is 3.92. The Bertz CT molecular complexity index is 197. The summed E-state index contributed by atoms with van der Waals surface area (Å²) >= 11 is 0. The van der Waals surface area contributed by atoms with Crippen LogP contribution in [0.15, 0.2) is 0 Å². The molecule has 4 N–H and O–H groups in total. The quantitative estimate of drug-likeness (QED) is 0.450. The van der Waals surface area contributed by atoms with Gasteiger partial charge in [-0.25, -0.2) is 0 Å². The molecule has 0 aromatic heterocycles. The minimum absolute atomic E-state index is 0.0399. The van der Waals surface area contributed by atoms with Gasteiger partial charge >= 0.3 is 0 Å². The highest BCUT2D eigenvalue weighted by Gasteiger charge is 2.42. The van der Waals surface area contributed by atoms with E-state index in [1.807, 2.05) is 13.8 Å². The van der Waals surface area contributed by atoms with Crippen molar-refractivity contribution in [2.24, 2.45) is 0 Å². The largest absolute Gasteiger partial charge is 0.387 e. The number of aliphatic hydroxyl groups is 4. The molecule has 0 radical (unpaired) electrons. The van der Waals surface area contributed by atoms with Crippen LogP contribution < -0.4 is 0 Å². The Hall–Kier alpha value is -0.240. The maximum Gasteiger partial charge on any atom is 0.184 e. The molecule has 1 rings (SSSR count). The summed E-state index contributed by atoms with van der Waals surface area (Å²) in [6.45, 7) is 3.69. The van der Waals surface area contributed by atoms with E-state index in [1.165, 1.54) is 0 Å². The van der Waals surface area contributed by atoms with Crippen molar-refractivity contribution >= 4 is 0 Å². The predicted octanol–water partition coefficient (Wildman–Crippen LogP) is -1.79. The smallest absolute Gasteiger partial charge is 0.184 e. The molecule has 6 heteroatoms.